The zero-order valence-electron chi connectivity index (χ0n) is 17.1. The smallest absolute Gasteiger partial charge is 0.305 e. The van der Waals surface area contributed by atoms with Crippen LogP contribution in [0.15, 0.2) is 29.3 Å². The lowest BCUT2D eigenvalue weighted by Crippen LogP contribution is -2.38. The van der Waals surface area contributed by atoms with Crippen molar-refractivity contribution in [1.82, 2.24) is 10.6 Å². The average Bonchev–Trinajstić information content (AvgIpc) is 2.67. The van der Waals surface area contributed by atoms with E-state index in [1.165, 1.54) is 5.56 Å². The van der Waals surface area contributed by atoms with Crippen LogP contribution in [0.4, 0.5) is 0 Å². The van der Waals surface area contributed by atoms with Crippen molar-refractivity contribution in [3.05, 3.63) is 29.8 Å². The number of benzene rings is 1. The molecule has 0 aliphatic rings. The van der Waals surface area contributed by atoms with Gasteiger partial charge in [0.25, 0.3) is 0 Å². The minimum atomic E-state index is -0.0933. The SMILES string of the molecule is CCNC(=NCCCCCCC(=O)OCC)NCCc1ccccc1OC. The van der Waals surface area contributed by atoms with Crippen molar-refractivity contribution in [3.8, 4) is 5.75 Å². The number of ether oxygens (including phenoxy) is 2. The Morgan fingerprint density at radius 2 is 1.85 bits per heavy atom. The van der Waals surface area contributed by atoms with Gasteiger partial charge in [-0.2, -0.15) is 0 Å². The molecule has 6 nitrogen and oxygen atoms in total. The van der Waals surface area contributed by atoms with E-state index < -0.39 is 0 Å². The highest BCUT2D eigenvalue weighted by molar-refractivity contribution is 5.79. The van der Waals surface area contributed by atoms with Crippen LogP contribution in [0.5, 0.6) is 5.75 Å². The number of nitrogens with zero attached hydrogens (tertiary/aromatic N) is 1. The first-order valence-electron chi connectivity index (χ1n) is 10.0. The molecule has 1 aromatic carbocycles. The van der Waals surface area contributed by atoms with Gasteiger partial charge in [0.2, 0.25) is 0 Å². The molecule has 27 heavy (non-hydrogen) atoms. The van der Waals surface area contributed by atoms with Gasteiger partial charge in [-0.05, 0) is 44.7 Å². The van der Waals surface area contributed by atoms with Crippen molar-refractivity contribution in [2.75, 3.05) is 33.4 Å². The van der Waals surface area contributed by atoms with E-state index in [9.17, 15) is 4.79 Å². The van der Waals surface area contributed by atoms with Gasteiger partial charge in [0.1, 0.15) is 5.75 Å². The third kappa shape index (κ3) is 10.5. The van der Waals surface area contributed by atoms with Gasteiger partial charge in [-0.15, -0.1) is 0 Å². The Labute approximate surface area is 163 Å². The van der Waals surface area contributed by atoms with Crippen molar-refractivity contribution in [3.63, 3.8) is 0 Å². The molecule has 0 aromatic heterocycles. The molecule has 152 valence electrons. The highest BCUT2D eigenvalue weighted by Crippen LogP contribution is 2.17. The van der Waals surface area contributed by atoms with Crippen LogP contribution in [-0.4, -0.2) is 45.3 Å². The number of rotatable bonds is 13. The Bertz CT molecular complexity index is 561. The summed E-state index contributed by atoms with van der Waals surface area (Å²) >= 11 is 0. The van der Waals surface area contributed by atoms with Crippen LogP contribution >= 0.6 is 0 Å². The second-order valence-corrected chi connectivity index (χ2v) is 6.22. The van der Waals surface area contributed by atoms with E-state index >= 15 is 0 Å². The Hall–Kier alpha value is -2.24. The topological polar surface area (TPSA) is 72.0 Å². The molecule has 0 amide bonds. The first-order valence-corrected chi connectivity index (χ1v) is 10.0. The second-order valence-electron chi connectivity index (χ2n) is 6.22. The molecule has 1 rings (SSSR count). The van der Waals surface area contributed by atoms with E-state index in [-0.39, 0.29) is 5.97 Å². The molecule has 0 spiro atoms. The lowest BCUT2D eigenvalue weighted by atomic mass is 10.1. The zero-order valence-corrected chi connectivity index (χ0v) is 17.1. The molecule has 0 unspecified atom stereocenters. The van der Waals surface area contributed by atoms with E-state index in [2.05, 4.69) is 28.6 Å². The fourth-order valence-corrected chi connectivity index (χ4v) is 2.73. The fraction of sp³-hybridized carbons (Fsp3) is 0.619. The number of para-hydroxylation sites is 1. The Morgan fingerprint density at radius 1 is 1.07 bits per heavy atom. The minimum absolute atomic E-state index is 0.0933. The molecule has 0 saturated carbocycles. The maximum atomic E-state index is 11.3. The maximum absolute atomic E-state index is 11.3. The van der Waals surface area contributed by atoms with Crippen molar-refractivity contribution < 1.29 is 14.3 Å². The van der Waals surface area contributed by atoms with E-state index in [1.54, 1.807) is 7.11 Å². The van der Waals surface area contributed by atoms with Gasteiger partial charge in [0, 0.05) is 26.1 Å². The van der Waals surface area contributed by atoms with Gasteiger partial charge >= 0.3 is 5.97 Å². The summed E-state index contributed by atoms with van der Waals surface area (Å²) in [6, 6.07) is 8.07. The number of carbonyl (C=O) groups excluding carboxylic acids is 1. The molecule has 0 atom stereocenters. The van der Waals surface area contributed by atoms with Crippen LogP contribution in [0.1, 0.15) is 51.5 Å². The molecule has 0 heterocycles. The van der Waals surface area contributed by atoms with Crippen LogP contribution in [-0.2, 0) is 16.0 Å². The number of hydrogen-bond donors (Lipinski definition) is 2. The first-order chi connectivity index (χ1) is 13.2. The molecule has 1 aromatic rings. The summed E-state index contributed by atoms with van der Waals surface area (Å²) in [5.74, 6) is 1.67. The monoisotopic (exact) mass is 377 g/mol. The zero-order chi connectivity index (χ0) is 19.7. The second kappa shape index (κ2) is 14.9. The van der Waals surface area contributed by atoms with Crippen molar-refractivity contribution >= 4 is 11.9 Å². The third-order valence-corrected chi connectivity index (χ3v) is 4.09. The highest BCUT2D eigenvalue weighted by Gasteiger charge is 2.03. The largest absolute Gasteiger partial charge is 0.496 e. The molecule has 0 radical (unpaired) electrons. The van der Waals surface area contributed by atoms with Crippen molar-refractivity contribution in [2.24, 2.45) is 4.99 Å². The Morgan fingerprint density at radius 3 is 2.59 bits per heavy atom. The molecule has 0 fully saturated rings. The quantitative estimate of drug-likeness (QED) is 0.239. The predicted octanol–water partition coefficient (Wildman–Crippen LogP) is 3.31. The molecule has 6 heteroatoms. The number of carbonyl (C=O) groups is 1. The average molecular weight is 378 g/mol. The number of guanidine groups is 1. The number of methoxy groups -OCH3 is 1. The van der Waals surface area contributed by atoms with E-state index in [0.29, 0.717) is 13.0 Å². The summed E-state index contributed by atoms with van der Waals surface area (Å²) in [5, 5.41) is 6.65. The van der Waals surface area contributed by atoms with Gasteiger partial charge in [-0.25, -0.2) is 0 Å². The van der Waals surface area contributed by atoms with E-state index in [0.717, 1.165) is 63.4 Å². The number of hydrogen-bond acceptors (Lipinski definition) is 4. The summed E-state index contributed by atoms with van der Waals surface area (Å²) in [7, 11) is 1.70. The Kier molecular flexibility index (Phi) is 12.6. The molecule has 2 N–H and O–H groups in total. The van der Waals surface area contributed by atoms with Crippen molar-refractivity contribution in [1.29, 1.82) is 0 Å². The van der Waals surface area contributed by atoms with Crippen LogP contribution in [0.3, 0.4) is 0 Å². The van der Waals surface area contributed by atoms with Gasteiger partial charge in [-0.3, -0.25) is 9.79 Å². The van der Waals surface area contributed by atoms with Crippen LogP contribution in [0, 0.1) is 0 Å². The van der Waals surface area contributed by atoms with Crippen LogP contribution in [0.25, 0.3) is 0 Å². The maximum Gasteiger partial charge on any atom is 0.305 e. The van der Waals surface area contributed by atoms with Gasteiger partial charge in [-0.1, -0.05) is 31.0 Å². The minimum Gasteiger partial charge on any atom is -0.496 e. The van der Waals surface area contributed by atoms with Crippen LogP contribution in [0.2, 0.25) is 0 Å². The summed E-state index contributed by atoms with van der Waals surface area (Å²) in [5.41, 5.74) is 1.19. The van der Waals surface area contributed by atoms with Crippen LogP contribution < -0.4 is 15.4 Å². The normalized spacial score (nSPS) is 11.1. The third-order valence-electron chi connectivity index (χ3n) is 4.09. The summed E-state index contributed by atoms with van der Waals surface area (Å²) in [6.07, 6.45) is 5.41. The van der Waals surface area contributed by atoms with Gasteiger partial charge in [0.05, 0.1) is 13.7 Å². The first kappa shape index (κ1) is 22.8. The lowest BCUT2D eigenvalue weighted by Gasteiger charge is -2.12. The van der Waals surface area contributed by atoms with Gasteiger partial charge < -0.3 is 20.1 Å². The standard InChI is InChI=1S/C21H35N3O3/c1-4-22-21(23-16-11-7-6-8-14-20(25)27-5-2)24-17-15-18-12-9-10-13-19(18)26-3/h9-10,12-13H,4-8,11,14-17H2,1-3H3,(H2,22,23,24). The van der Waals surface area contributed by atoms with E-state index in [1.807, 2.05) is 25.1 Å². The number of nitrogens with one attached hydrogen (secondary N) is 2. The number of esters is 1. The van der Waals surface area contributed by atoms with E-state index in [4.69, 9.17) is 9.47 Å². The molecular weight excluding hydrogens is 342 g/mol. The fourth-order valence-electron chi connectivity index (χ4n) is 2.73. The molecular formula is C21H35N3O3. The summed E-state index contributed by atoms with van der Waals surface area (Å²) < 4.78 is 10.3. The predicted molar refractivity (Wildman–Crippen MR) is 110 cm³/mol. The lowest BCUT2D eigenvalue weighted by molar-refractivity contribution is -0.143. The highest BCUT2D eigenvalue weighted by atomic mass is 16.5. The molecule has 0 saturated heterocycles. The number of unbranched alkanes of at least 4 members (excludes halogenated alkanes) is 3. The molecule has 0 bridgehead atoms. The number of aliphatic imine (C=N–C) groups is 1. The summed E-state index contributed by atoms with van der Waals surface area (Å²) in [6.45, 7) is 6.77. The molecule has 0 aliphatic heterocycles. The summed E-state index contributed by atoms with van der Waals surface area (Å²) in [4.78, 5) is 15.9. The van der Waals surface area contributed by atoms with Crippen molar-refractivity contribution in [2.45, 2.75) is 52.4 Å². The van der Waals surface area contributed by atoms with Gasteiger partial charge in [0.15, 0.2) is 5.96 Å². The molecule has 0 aliphatic carbocycles. The Balaban J connectivity index is 2.24.